The van der Waals surface area contributed by atoms with Gasteiger partial charge < -0.3 is 10.2 Å². The summed E-state index contributed by atoms with van der Waals surface area (Å²) < 4.78 is 2.64. The summed E-state index contributed by atoms with van der Waals surface area (Å²) >= 11 is 3.46. The van der Waals surface area contributed by atoms with Gasteiger partial charge in [-0.2, -0.15) is 5.10 Å². The molecule has 138 valence electrons. The van der Waals surface area contributed by atoms with E-state index in [-0.39, 0.29) is 18.4 Å². The molecule has 1 N–H and O–H groups in total. The van der Waals surface area contributed by atoms with Crippen LogP contribution in [0.15, 0.2) is 34.8 Å². The van der Waals surface area contributed by atoms with E-state index in [1.54, 1.807) is 9.58 Å². The Balaban J connectivity index is 1.72. The summed E-state index contributed by atoms with van der Waals surface area (Å²) in [5, 5.41) is 7.37. The molecule has 2 aromatic rings. The average Bonchev–Trinajstić information content (AvgIpc) is 2.95. The number of anilines is 1. The lowest BCUT2D eigenvalue weighted by atomic mass is 10.1. The maximum atomic E-state index is 12.5. The molecule has 2 heterocycles. The van der Waals surface area contributed by atoms with Crippen LogP contribution in [0.3, 0.4) is 0 Å². The number of benzene rings is 1. The van der Waals surface area contributed by atoms with Crippen LogP contribution in [0.5, 0.6) is 0 Å². The molecule has 1 fully saturated rings. The molecule has 1 aliphatic rings. The molecule has 0 saturated carbocycles. The molecule has 1 aliphatic heterocycles. The maximum Gasteiger partial charge on any atom is 0.245 e. The van der Waals surface area contributed by atoms with Gasteiger partial charge in [-0.3, -0.25) is 9.59 Å². The number of aryl methyl sites for hydroxylation is 1. The summed E-state index contributed by atoms with van der Waals surface area (Å²) in [7, 11) is 0. The topological polar surface area (TPSA) is 67.2 Å². The number of aromatic nitrogens is 2. The first-order valence-electron chi connectivity index (χ1n) is 8.93. The summed E-state index contributed by atoms with van der Waals surface area (Å²) in [5.41, 5.74) is 1.66. The molecule has 26 heavy (non-hydrogen) atoms. The maximum absolute atomic E-state index is 12.5. The first-order chi connectivity index (χ1) is 12.5. The van der Waals surface area contributed by atoms with Gasteiger partial charge in [0.25, 0.3) is 0 Å². The molecule has 0 radical (unpaired) electrons. The van der Waals surface area contributed by atoms with Crippen LogP contribution in [-0.2, 0) is 9.59 Å². The fourth-order valence-electron chi connectivity index (χ4n) is 3.13. The van der Waals surface area contributed by atoms with Crippen molar-refractivity contribution in [2.45, 2.75) is 39.0 Å². The highest BCUT2D eigenvalue weighted by Gasteiger charge is 2.19. The number of halogens is 1. The molecule has 0 bridgehead atoms. The van der Waals surface area contributed by atoms with Gasteiger partial charge in [0.1, 0.15) is 5.82 Å². The normalized spacial score (nSPS) is 15.5. The van der Waals surface area contributed by atoms with E-state index in [2.05, 4.69) is 26.3 Å². The van der Waals surface area contributed by atoms with Crippen LogP contribution >= 0.6 is 15.9 Å². The van der Waals surface area contributed by atoms with Crippen LogP contribution in [0.4, 0.5) is 5.82 Å². The van der Waals surface area contributed by atoms with Crippen molar-refractivity contribution in [2.75, 3.05) is 18.4 Å². The van der Waals surface area contributed by atoms with Gasteiger partial charge >= 0.3 is 0 Å². The van der Waals surface area contributed by atoms with E-state index < -0.39 is 0 Å². The molecular weight excluding hydrogens is 396 g/mol. The second kappa shape index (κ2) is 8.49. The Hall–Kier alpha value is -2.15. The number of nitrogens with one attached hydrogen (secondary N) is 1. The monoisotopic (exact) mass is 418 g/mol. The molecule has 0 unspecified atom stereocenters. The molecule has 7 heteroatoms. The Morgan fingerprint density at radius 2 is 2.04 bits per heavy atom. The Morgan fingerprint density at radius 1 is 1.23 bits per heavy atom. The minimum absolute atomic E-state index is 0.0662. The van der Waals surface area contributed by atoms with Gasteiger partial charge in [-0.05, 0) is 38.0 Å². The number of likely N-dealkylation sites (tertiary alicyclic amines) is 1. The number of nitrogens with zero attached hydrogens (tertiary/aromatic N) is 3. The summed E-state index contributed by atoms with van der Waals surface area (Å²) in [5.74, 6) is 0.469. The highest BCUT2D eigenvalue weighted by Crippen LogP contribution is 2.20. The lowest BCUT2D eigenvalue weighted by Gasteiger charge is -2.24. The van der Waals surface area contributed by atoms with E-state index >= 15 is 0 Å². The Bertz CT molecular complexity index is 803. The third kappa shape index (κ3) is 4.72. The van der Waals surface area contributed by atoms with E-state index in [4.69, 9.17) is 0 Å². The van der Waals surface area contributed by atoms with Crippen LogP contribution in [-0.4, -0.2) is 39.6 Å². The standard InChI is InChI=1S/C19H23BrN4O2/c1-14-11-17(24(22-14)16-8-6-7-15(20)12-16)21-18(25)13-23-10-5-3-2-4-9-19(23)26/h6-8,11-12H,2-5,9-10,13H2,1H3,(H,21,25). The van der Waals surface area contributed by atoms with Crippen LogP contribution in [0.2, 0.25) is 0 Å². The molecule has 0 atom stereocenters. The molecule has 0 aliphatic carbocycles. The SMILES string of the molecule is Cc1cc(NC(=O)CN2CCCCCCC2=O)n(-c2cccc(Br)c2)n1. The van der Waals surface area contributed by atoms with Gasteiger partial charge in [0, 0.05) is 23.5 Å². The van der Waals surface area contributed by atoms with Gasteiger partial charge in [0.2, 0.25) is 11.8 Å². The number of hydrogen-bond acceptors (Lipinski definition) is 3. The highest BCUT2D eigenvalue weighted by atomic mass is 79.9. The lowest BCUT2D eigenvalue weighted by molar-refractivity contribution is -0.135. The van der Waals surface area contributed by atoms with Crippen molar-refractivity contribution in [2.24, 2.45) is 0 Å². The largest absolute Gasteiger partial charge is 0.333 e. The fourth-order valence-corrected chi connectivity index (χ4v) is 3.52. The number of carbonyl (C=O) groups excluding carboxylic acids is 2. The van der Waals surface area contributed by atoms with E-state index in [0.29, 0.717) is 18.8 Å². The van der Waals surface area contributed by atoms with Gasteiger partial charge in [-0.1, -0.05) is 34.8 Å². The third-order valence-electron chi connectivity index (χ3n) is 4.41. The molecule has 1 aromatic heterocycles. The van der Waals surface area contributed by atoms with Crippen molar-refractivity contribution in [3.8, 4) is 5.69 Å². The van der Waals surface area contributed by atoms with Crippen LogP contribution in [0, 0.1) is 6.92 Å². The van der Waals surface area contributed by atoms with Crippen molar-refractivity contribution in [1.82, 2.24) is 14.7 Å². The van der Waals surface area contributed by atoms with E-state index in [1.165, 1.54) is 0 Å². The number of rotatable bonds is 4. The highest BCUT2D eigenvalue weighted by molar-refractivity contribution is 9.10. The molecule has 1 aromatic carbocycles. The second-order valence-electron chi connectivity index (χ2n) is 6.59. The van der Waals surface area contributed by atoms with Crippen molar-refractivity contribution < 1.29 is 9.59 Å². The second-order valence-corrected chi connectivity index (χ2v) is 7.51. The molecular formula is C19H23BrN4O2. The first-order valence-corrected chi connectivity index (χ1v) is 9.72. The van der Waals surface area contributed by atoms with Crippen LogP contribution in [0.1, 0.15) is 37.8 Å². The lowest BCUT2D eigenvalue weighted by Crippen LogP contribution is -2.39. The smallest absolute Gasteiger partial charge is 0.245 e. The minimum atomic E-state index is -0.199. The van der Waals surface area contributed by atoms with Crippen molar-refractivity contribution in [3.05, 3.63) is 40.5 Å². The summed E-state index contributed by atoms with van der Waals surface area (Å²) in [4.78, 5) is 26.4. The third-order valence-corrected chi connectivity index (χ3v) is 4.90. The Kier molecular flexibility index (Phi) is 6.08. The molecule has 0 spiro atoms. The molecule has 2 amide bonds. The summed E-state index contributed by atoms with van der Waals surface area (Å²) in [6.45, 7) is 2.61. The first kappa shape index (κ1) is 18.6. The predicted molar refractivity (Wildman–Crippen MR) is 104 cm³/mol. The van der Waals surface area contributed by atoms with Crippen molar-refractivity contribution in [1.29, 1.82) is 0 Å². The number of hydrogen-bond donors (Lipinski definition) is 1. The zero-order chi connectivity index (χ0) is 18.5. The van der Waals surface area contributed by atoms with Gasteiger partial charge in [-0.25, -0.2) is 4.68 Å². The van der Waals surface area contributed by atoms with Crippen LogP contribution in [0.25, 0.3) is 5.69 Å². The van der Waals surface area contributed by atoms with Gasteiger partial charge in [0.15, 0.2) is 0 Å². The Morgan fingerprint density at radius 3 is 2.85 bits per heavy atom. The predicted octanol–water partition coefficient (Wildman–Crippen LogP) is 3.67. The van der Waals surface area contributed by atoms with Crippen molar-refractivity contribution in [3.63, 3.8) is 0 Å². The van der Waals surface area contributed by atoms with Crippen LogP contribution < -0.4 is 5.32 Å². The minimum Gasteiger partial charge on any atom is -0.333 e. The summed E-state index contributed by atoms with van der Waals surface area (Å²) in [6.07, 6.45) is 4.60. The number of amides is 2. The molecule has 1 saturated heterocycles. The quantitative estimate of drug-likeness (QED) is 0.823. The van der Waals surface area contributed by atoms with E-state index in [1.807, 2.05) is 37.3 Å². The molecule has 3 rings (SSSR count). The zero-order valence-electron chi connectivity index (χ0n) is 14.9. The Labute approximate surface area is 161 Å². The molecule has 6 nitrogen and oxygen atoms in total. The van der Waals surface area contributed by atoms with Gasteiger partial charge in [0.05, 0.1) is 17.9 Å². The zero-order valence-corrected chi connectivity index (χ0v) is 16.5. The van der Waals surface area contributed by atoms with E-state index in [9.17, 15) is 9.59 Å². The summed E-state index contributed by atoms with van der Waals surface area (Å²) in [6, 6.07) is 9.54. The van der Waals surface area contributed by atoms with Gasteiger partial charge in [-0.15, -0.1) is 0 Å². The van der Waals surface area contributed by atoms with E-state index in [0.717, 1.165) is 41.5 Å². The fraction of sp³-hybridized carbons (Fsp3) is 0.421. The average molecular weight is 419 g/mol. The number of carbonyl (C=O) groups is 2. The van der Waals surface area contributed by atoms with Crippen molar-refractivity contribution >= 4 is 33.6 Å².